The lowest BCUT2D eigenvalue weighted by atomic mass is 9.89. The van der Waals surface area contributed by atoms with E-state index >= 15 is 0 Å². The van der Waals surface area contributed by atoms with Crippen LogP contribution in [-0.4, -0.2) is 32.8 Å². The molecule has 1 aliphatic heterocycles. The molecule has 5 nitrogen and oxygen atoms in total. The minimum atomic E-state index is -1.81. The zero-order valence-corrected chi connectivity index (χ0v) is 11.9. The van der Waals surface area contributed by atoms with Gasteiger partial charge in [-0.05, 0) is 19.1 Å². The van der Waals surface area contributed by atoms with Gasteiger partial charge in [0.2, 0.25) is 0 Å². The average molecular weight is 321 g/mol. The summed E-state index contributed by atoms with van der Waals surface area (Å²) in [6, 6.07) is 0. The Kier molecular flexibility index (Phi) is 3.80. The molecule has 1 amide bonds. The van der Waals surface area contributed by atoms with Crippen LogP contribution in [0, 0.1) is 5.92 Å². The van der Waals surface area contributed by atoms with E-state index in [1.807, 2.05) is 5.32 Å². The number of amides is 1. The summed E-state index contributed by atoms with van der Waals surface area (Å²) in [5, 5.41) is 10.7. The molecule has 2 N–H and O–H groups in total. The van der Waals surface area contributed by atoms with E-state index in [4.69, 9.17) is 28.3 Å². The van der Waals surface area contributed by atoms with Gasteiger partial charge in [0.1, 0.15) is 11.5 Å². The number of nitrogens with one attached hydrogen (secondary N) is 1. The number of ketones is 1. The Morgan fingerprint density at radius 3 is 2.80 bits per heavy atom. The molecule has 0 fully saturated rings. The second kappa shape index (κ2) is 5.10. The standard InChI is InChI=1S/C12H11Cl2FN2O3/c1-2-17-5-7(16-11(19)20)10(18)6-3-9(15)12(13,14)4-8(6)17/h3-6,16H,2H2,1H3,(H,19,20). The maximum atomic E-state index is 13.8. The number of carbonyl (C=O) groups is 2. The van der Waals surface area contributed by atoms with E-state index in [-0.39, 0.29) is 5.70 Å². The van der Waals surface area contributed by atoms with Crippen molar-refractivity contribution < 1.29 is 19.1 Å². The highest BCUT2D eigenvalue weighted by molar-refractivity contribution is 6.51. The second-order valence-corrected chi connectivity index (χ2v) is 5.69. The number of hydrogen-bond acceptors (Lipinski definition) is 3. The van der Waals surface area contributed by atoms with Crippen LogP contribution in [0.4, 0.5) is 9.18 Å². The van der Waals surface area contributed by atoms with Gasteiger partial charge in [-0.3, -0.25) is 10.1 Å². The number of alkyl halides is 2. The highest BCUT2D eigenvalue weighted by atomic mass is 35.5. The number of carboxylic acid groups (broad SMARTS) is 1. The van der Waals surface area contributed by atoms with Crippen molar-refractivity contribution >= 4 is 35.1 Å². The number of allylic oxidation sites excluding steroid dienone is 4. The minimum Gasteiger partial charge on any atom is -0.465 e. The molecule has 0 spiro atoms. The van der Waals surface area contributed by atoms with Crippen LogP contribution in [0.1, 0.15) is 6.92 Å². The molecule has 20 heavy (non-hydrogen) atoms. The smallest absolute Gasteiger partial charge is 0.409 e. The lowest BCUT2D eigenvalue weighted by Crippen LogP contribution is -2.41. The van der Waals surface area contributed by atoms with Crippen LogP contribution in [0.25, 0.3) is 0 Å². The summed E-state index contributed by atoms with van der Waals surface area (Å²) in [6.07, 6.45) is 2.25. The predicted octanol–water partition coefficient (Wildman–Crippen LogP) is 2.54. The largest absolute Gasteiger partial charge is 0.465 e. The number of halogens is 3. The van der Waals surface area contributed by atoms with E-state index in [0.717, 1.165) is 6.08 Å². The third-order valence-corrected chi connectivity index (χ3v) is 3.61. The van der Waals surface area contributed by atoms with Crippen molar-refractivity contribution in [3.8, 4) is 0 Å². The van der Waals surface area contributed by atoms with Crippen molar-refractivity contribution in [1.29, 1.82) is 0 Å². The van der Waals surface area contributed by atoms with Crippen LogP contribution in [0.2, 0.25) is 0 Å². The van der Waals surface area contributed by atoms with Crippen LogP contribution >= 0.6 is 23.2 Å². The van der Waals surface area contributed by atoms with Crippen molar-refractivity contribution in [3.05, 3.63) is 35.6 Å². The summed E-state index contributed by atoms with van der Waals surface area (Å²) in [5.74, 6) is -2.34. The molecular weight excluding hydrogens is 310 g/mol. The van der Waals surface area contributed by atoms with Crippen molar-refractivity contribution in [1.82, 2.24) is 10.2 Å². The van der Waals surface area contributed by atoms with E-state index in [2.05, 4.69) is 0 Å². The van der Waals surface area contributed by atoms with Gasteiger partial charge >= 0.3 is 6.09 Å². The average Bonchev–Trinajstić information content (AvgIpc) is 2.34. The molecule has 0 aromatic rings. The van der Waals surface area contributed by atoms with Gasteiger partial charge in [0.05, 0.1) is 5.92 Å². The minimum absolute atomic E-state index is 0.123. The fourth-order valence-corrected chi connectivity index (χ4v) is 2.45. The van der Waals surface area contributed by atoms with Crippen molar-refractivity contribution in [2.24, 2.45) is 5.92 Å². The Bertz CT molecular complexity index is 569. The summed E-state index contributed by atoms with van der Waals surface area (Å²) >= 11 is 11.6. The number of rotatable bonds is 2. The van der Waals surface area contributed by atoms with Gasteiger partial charge in [-0.15, -0.1) is 0 Å². The van der Waals surface area contributed by atoms with Crippen LogP contribution in [0.15, 0.2) is 35.6 Å². The van der Waals surface area contributed by atoms with Gasteiger partial charge in [0.25, 0.3) is 0 Å². The predicted molar refractivity (Wildman–Crippen MR) is 71.8 cm³/mol. The lowest BCUT2D eigenvalue weighted by Gasteiger charge is -2.36. The molecule has 0 saturated heterocycles. The van der Waals surface area contributed by atoms with E-state index < -0.39 is 28.0 Å². The highest BCUT2D eigenvalue weighted by Gasteiger charge is 2.41. The number of hydrogen-bond donors (Lipinski definition) is 2. The number of Topliss-reactive ketones (excluding diaryl/α,β-unsaturated/α-hetero) is 1. The van der Waals surface area contributed by atoms with Crippen molar-refractivity contribution in [2.45, 2.75) is 11.3 Å². The van der Waals surface area contributed by atoms with Gasteiger partial charge in [-0.25, -0.2) is 9.18 Å². The molecular formula is C12H11Cl2FN2O3. The third kappa shape index (κ3) is 2.53. The summed E-state index contributed by atoms with van der Waals surface area (Å²) in [6.45, 7) is 2.24. The number of fused-ring (bicyclic) bond motifs is 1. The van der Waals surface area contributed by atoms with E-state index in [0.29, 0.717) is 12.2 Å². The molecule has 1 atom stereocenters. The summed E-state index contributed by atoms with van der Waals surface area (Å²) in [4.78, 5) is 24.4. The fourth-order valence-electron chi connectivity index (χ4n) is 2.10. The molecule has 1 aliphatic carbocycles. The summed E-state index contributed by atoms with van der Waals surface area (Å²) < 4.78 is 11.9. The molecule has 2 aliphatic rings. The lowest BCUT2D eigenvalue weighted by molar-refractivity contribution is -0.118. The first kappa shape index (κ1) is 14.9. The SMILES string of the molecule is CCN1C=C(NC(=O)O)C(=O)C2C=C(F)C(Cl)(Cl)C=C21. The highest BCUT2D eigenvalue weighted by Crippen LogP contribution is 2.42. The molecule has 1 heterocycles. The molecule has 0 bridgehead atoms. The van der Waals surface area contributed by atoms with E-state index in [1.165, 1.54) is 12.3 Å². The third-order valence-electron chi connectivity index (χ3n) is 3.03. The van der Waals surface area contributed by atoms with E-state index in [1.54, 1.807) is 11.8 Å². The van der Waals surface area contributed by atoms with Crippen LogP contribution in [0.5, 0.6) is 0 Å². The number of carbonyl (C=O) groups excluding carboxylic acids is 1. The zero-order valence-electron chi connectivity index (χ0n) is 10.4. The Labute approximate surface area is 124 Å². The van der Waals surface area contributed by atoms with Crippen molar-refractivity contribution in [2.75, 3.05) is 6.54 Å². The molecule has 1 unspecified atom stereocenters. The van der Waals surface area contributed by atoms with Gasteiger partial charge in [0.15, 0.2) is 10.1 Å². The molecule has 0 aromatic carbocycles. The van der Waals surface area contributed by atoms with Crippen molar-refractivity contribution in [3.63, 3.8) is 0 Å². The first-order valence-electron chi connectivity index (χ1n) is 5.77. The molecule has 8 heteroatoms. The van der Waals surface area contributed by atoms with E-state index in [9.17, 15) is 14.0 Å². The molecule has 108 valence electrons. The van der Waals surface area contributed by atoms with Gasteiger partial charge in [-0.2, -0.15) is 0 Å². The normalized spacial score (nSPS) is 24.4. The zero-order chi connectivity index (χ0) is 15.1. The monoisotopic (exact) mass is 320 g/mol. The van der Waals surface area contributed by atoms with Crippen LogP contribution in [-0.2, 0) is 4.79 Å². The topological polar surface area (TPSA) is 69.6 Å². The maximum absolute atomic E-state index is 13.8. The van der Waals surface area contributed by atoms with Gasteiger partial charge in [0, 0.05) is 18.4 Å². The second-order valence-electron chi connectivity index (χ2n) is 4.31. The molecule has 2 rings (SSSR count). The van der Waals surface area contributed by atoms with Gasteiger partial charge < -0.3 is 10.0 Å². The van der Waals surface area contributed by atoms with Crippen LogP contribution < -0.4 is 5.32 Å². The Morgan fingerprint density at radius 1 is 1.60 bits per heavy atom. The molecule has 0 aromatic heterocycles. The first-order chi connectivity index (χ1) is 9.26. The summed E-state index contributed by atoms with van der Waals surface area (Å²) in [7, 11) is 0. The molecule has 0 saturated carbocycles. The Morgan fingerprint density at radius 2 is 2.25 bits per heavy atom. The maximum Gasteiger partial charge on any atom is 0.409 e. The van der Waals surface area contributed by atoms with Crippen LogP contribution in [0.3, 0.4) is 0 Å². The fraction of sp³-hybridized carbons (Fsp3) is 0.333. The molecule has 0 radical (unpaired) electrons. The summed E-state index contributed by atoms with van der Waals surface area (Å²) in [5.41, 5.74) is 0.307. The number of nitrogens with zero attached hydrogens (tertiary/aromatic N) is 1. The first-order valence-corrected chi connectivity index (χ1v) is 6.53. The quantitative estimate of drug-likeness (QED) is 0.767. The Balaban J connectivity index is 2.47. The van der Waals surface area contributed by atoms with Gasteiger partial charge in [-0.1, -0.05) is 23.2 Å². The Hall–Kier alpha value is -1.53.